The van der Waals surface area contributed by atoms with Crippen molar-refractivity contribution in [2.24, 2.45) is 0 Å². The van der Waals surface area contributed by atoms with Crippen LogP contribution < -0.4 is 10.7 Å². The molecule has 5 nitrogen and oxygen atoms in total. The average Bonchev–Trinajstić information content (AvgIpc) is 2.35. The van der Waals surface area contributed by atoms with Gasteiger partial charge in [0.15, 0.2) is 0 Å². The highest BCUT2D eigenvalue weighted by molar-refractivity contribution is 5.83. The number of hydrazine groups is 1. The Morgan fingerprint density at radius 3 is 2.26 bits per heavy atom. The molecule has 0 bridgehead atoms. The normalized spacial score (nSPS) is 10.3. The summed E-state index contributed by atoms with van der Waals surface area (Å²) in [7, 11) is 3.40. The number of hydrogen-bond acceptors (Lipinski definition) is 3. The van der Waals surface area contributed by atoms with Crippen LogP contribution in [0.25, 0.3) is 0 Å². The van der Waals surface area contributed by atoms with E-state index < -0.39 is 0 Å². The zero-order valence-corrected chi connectivity index (χ0v) is 11.1. The largest absolute Gasteiger partial charge is 0.352 e. The van der Waals surface area contributed by atoms with Gasteiger partial charge in [-0.3, -0.25) is 15.0 Å². The van der Waals surface area contributed by atoms with Crippen LogP contribution in [0.3, 0.4) is 0 Å². The molecule has 6 heteroatoms. The number of amides is 2. The van der Waals surface area contributed by atoms with Crippen LogP contribution in [0.1, 0.15) is 18.4 Å². The molecule has 0 aliphatic carbocycles. The van der Waals surface area contributed by atoms with E-state index in [1.165, 1.54) is 17.1 Å². The van der Waals surface area contributed by atoms with Crippen molar-refractivity contribution >= 4 is 11.8 Å². The summed E-state index contributed by atoms with van der Waals surface area (Å²) in [6.07, 6.45) is 0.258. The third-order valence-corrected chi connectivity index (χ3v) is 2.33. The monoisotopic (exact) mass is 267 g/mol. The molecular weight excluding hydrogens is 249 g/mol. The molecule has 0 fully saturated rings. The van der Waals surface area contributed by atoms with Gasteiger partial charge in [0.1, 0.15) is 5.82 Å². The van der Waals surface area contributed by atoms with Crippen molar-refractivity contribution in [3.05, 3.63) is 35.6 Å². The Morgan fingerprint density at radius 2 is 1.68 bits per heavy atom. The Hall–Kier alpha value is -1.95. The summed E-state index contributed by atoms with van der Waals surface area (Å²) in [5.41, 5.74) is 3.36. The van der Waals surface area contributed by atoms with Crippen molar-refractivity contribution < 1.29 is 14.0 Å². The van der Waals surface area contributed by atoms with Gasteiger partial charge < -0.3 is 5.32 Å². The zero-order chi connectivity index (χ0) is 14.3. The quantitative estimate of drug-likeness (QED) is 0.750. The third kappa shape index (κ3) is 6.52. The van der Waals surface area contributed by atoms with E-state index in [-0.39, 0.29) is 30.5 Å². The van der Waals surface area contributed by atoms with Crippen LogP contribution in [0.2, 0.25) is 0 Å². The Balaban J connectivity index is 2.24. The molecule has 1 rings (SSSR count). The minimum atomic E-state index is -0.310. The standard InChI is InChI=1S/C13H18FN3O2/c1-17(2)16-13(19)8-7-12(18)15-9-10-3-5-11(14)6-4-10/h3-6H,7-9H2,1-2H3,(H,15,18)(H,16,19). The number of nitrogens with one attached hydrogen (secondary N) is 2. The number of nitrogens with zero attached hydrogens (tertiary/aromatic N) is 1. The van der Waals surface area contributed by atoms with E-state index in [0.29, 0.717) is 6.54 Å². The molecule has 0 heterocycles. The lowest BCUT2D eigenvalue weighted by Crippen LogP contribution is -2.36. The van der Waals surface area contributed by atoms with Crippen LogP contribution in [-0.2, 0) is 16.1 Å². The lowest BCUT2D eigenvalue weighted by atomic mass is 10.2. The predicted octanol–water partition coefficient (Wildman–Crippen LogP) is 0.815. The van der Waals surface area contributed by atoms with E-state index >= 15 is 0 Å². The second-order valence-corrected chi connectivity index (χ2v) is 4.33. The maximum atomic E-state index is 12.7. The molecule has 2 N–H and O–H groups in total. The van der Waals surface area contributed by atoms with Gasteiger partial charge in [-0.15, -0.1) is 0 Å². The number of hydrogen-bond donors (Lipinski definition) is 2. The highest BCUT2D eigenvalue weighted by Gasteiger charge is 2.07. The fourth-order valence-corrected chi connectivity index (χ4v) is 1.42. The maximum Gasteiger partial charge on any atom is 0.234 e. The Morgan fingerprint density at radius 1 is 1.11 bits per heavy atom. The van der Waals surface area contributed by atoms with Crippen molar-refractivity contribution in [3.8, 4) is 0 Å². The molecule has 0 unspecified atom stereocenters. The summed E-state index contributed by atoms with van der Waals surface area (Å²) in [6.45, 7) is 0.328. The summed E-state index contributed by atoms with van der Waals surface area (Å²) in [4.78, 5) is 22.8. The van der Waals surface area contributed by atoms with Crippen molar-refractivity contribution in [3.63, 3.8) is 0 Å². The average molecular weight is 267 g/mol. The van der Waals surface area contributed by atoms with Gasteiger partial charge in [-0.25, -0.2) is 9.40 Å². The molecule has 0 saturated heterocycles. The van der Waals surface area contributed by atoms with E-state index in [0.717, 1.165) is 5.56 Å². The van der Waals surface area contributed by atoms with Gasteiger partial charge in [-0.2, -0.15) is 0 Å². The first-order chi connectivity index (χ1) is 8.97. The number of rotatable bonds is 6. The smallest absolute Gasteiger partial charge is 0.234 e. The van der Waals surface area contributed by atoms with Gasteiger partial charge in [-0.05, 0) is 17.7 Å². The number of carbonyl (C=O) groups is 2. The summed E-state index contributed by atoms with van der Waals surface area (Å²) in [5.74, 6) is -0.726. The van der Waals surface area contributed by atoms with Crippen molar-refractivity contribution in [1.82, 2.24) is 15.8 Å². The van der Waals surface area contributed by atoms with E-state index in [2.05, 4.69) is 10.7 Å². The van der Waals surface area contributed by atoms with E-state index in [4.69, 9.17) is 0 Å². The molecule has 0 spiro atoms. The molecule has 2 amide bonds. The van der Waals surface area contributed by atoms with Crippen LogP contribution in [0.5, 0.6) is 0 Å². The van der Waals surface area contributed by atoms with Gasteiger partial charge in [0, 0.05) is 33.5 Å². The second-order valence-electron chi connectivity index (χ2n) is 4.33. The van der Waals surface area contributed by atoms with E-state index in [9.17, 15) is 14.0 Å². The summed E-state index contributed by atoms with van der Waals surface area (Å²) in [5, 5.41) is 4.20. The fourth-order valence-electron chi connectivity index (χ4n) is 1.42. The van der Waals surface area contributed by atoms with Gasteiger partial charge in [-0.1, -0.05) is 12.1 Å². The van der Waals surface area contributed by atoms with Gasteiger partial charge >= 0.3 is 0 Å². The summed E-state index contributed by atoms with van der Waals surface area (Å²) >= 11 is 0. The van der Waals surface area contributed by atoms with Crippen LogP contribution in [0.15, 0.2) is 24.3 Å². The van der Waals surface area contributed by atoms with Crippen molar-refractivity contribution in [1.29, 1.82) is 0 Å². The molecule has 0 radical (unpaired) electrons. The fraction of sp³-hybridized carbons (Fsp3) is 0.385. The second kappa shape index (κ2) is 7.48. The molecule has 104 valence electrons. The Labute approximate surface area is 111 Å². The Kier molecular flexibility index (Phi) is 5.95. The Bertz CT molecular complexity index is 432. The van der Waals surface area contributed by atoms with Crippen LogP contribution in [0.4, 0.5) is 4.39 Å². The molecular formula is C13H18FN3O2. The molecule has 1 aromatic rings. The molecule has 0 aromatic heterocycles. The van der Waals surface area contributed by atoms with Crippen molar-refractivity contribution in [2.45, 2.75) is 19.4 Å². The molecule has 19 heavy (non-hydrogen) atoms. The minimum Gasteiger partial charge on any atom is -0.352 e. The number of halogens is 1. The minimum absolute atomic E-state index is 0.126. The molecule has 0 aliphatic rings. The van der Waals surface area contributed by atoms with Gasteiger partial charge in [0.25, 0.3) is 0 Å². The topological polar surface area (TPSA) is 61.4 Å². The first kappa shape index (κ1) is 15.1. The molecule has 0 saturated carbocycles. The van der Waals surface area contributed by atoms with Crippen LogP contribution in [0, 0.1) is 5.82 Å². The SMILES string of the molecule is CN(C)NC(=O)CCC(=O)NCc1ccc(F)cc1. The lowest BCUT2D eigenvalue weighted by Gasteiger charge is -2.11. The van der Waals surface area contributed by atoms with Gasteiger partial charge in [0.2, 0.25) is 11.8 Å². The maximum absolute atomic E-state index is 12.7. The molecule has 1 aromatic carbocycles. The van der Waals surface area contributed by atoms with Crippen LogP contribution >= 0.6 is 0 Å². The van der Waals surface area contributed by atoms with Crippen molar-refractivity contribution in [2.75, 3.05) is 14.1 Å². The van der Waals surface area contributed by atoms with E-state index in [1.807, 2.05) is 0 Å². The van der Waals surface area contributed by atoms with E-state index in [1.54, 1.807) is 26.2 Å². The summed E-state index contributed by atoms with van der Waals surface area (Å²) < 4.78 is 12.7. The first-order valence-electron chi connectivity index (χ1n) is 5.95. The number of carbonyl (C=O) groups excluding carboxylic acids is 2. The van der Waals surface area contributed by atoms with Gasteiger partial charge in [0.05, 0.1) is 0 Å². The molecule has 0 aliphatic heterocycles. The lowest BCUT2D eigenvalue weighted by molar-refractivity contribution is -0.128. The zero-order valence-electron chi connectivity index (χ0n) is 11.1. The number of benzene rings is 1. The third-order valence-electron chi connectivity index (χ3n) is 2.33. The first-order valence-corrected chi connectivity index (χ1v) is 5.95. The predicted molar refractivity (Wildman–Crippen MR) is 69.3 cm³/mol. The summed E-state index contributed by atoms with van der Waals surface area (Å²) in [6, 6.07) is 5.89. The highest BCUT2D eigenvalue weighted by atomic mass is 19.1. The van der Waals surface area contributed by atoms with Crippen LogP contribution in [-0.4, -0.2) is 30.9 Å². The molecule has 0 atom stereocenters. The highest BCUT2D eigenvalue weighted by Crippen LogP contribution is 2.02.